The Morgan fingerprint density at radius 3 is 2.55 bits per heavy atom. The summed E-state index contributed by atoms with van der Waals surface area (Å²) in [4.78, 5) is 34.8. The van der Waals surface area contributed by atoms with Crippen LogP contribution in [0, 0.1) is 5.92 Å². The van der Waals surface area contributed by atoms with Crippen molar-refractivity contribution in [1.29, 1.82) is 0 Å². The quantitative estimate of drug-likeness (QED) is 0.663. The molecule has 0 unspecified atom stereocenters. The third-order valence-electron chi connectivity index (χ3n) is 3.01. The van der Waals surface area contributed by atoms with Gasteiger partial charge in [0, 0.05) is 5.69 Å². The number of methoxy groups -OCH3 is 1. The Balaban J connectivity index is 2.55. The van der Waals surface area contributed by atoms with E-state index in [0.717, 1.165) is 0 Å². The van der Waals surface area contributed by atoms with E-state index >= 15 is 0 Å². The number of carbonyl (C=O) groups excluding carboxylic acids is 3. The Bertz CT molecular complexity index is 557. The van der Waals surface area contributed by atoms with E-state index in [2.05, 4.69) is 15.4 Å². The van der Waals surface area contributed by atoms with Crippen LogP contribution in [0.5, 0.6) is 0 Å². The molecule has 0 aliphatic carbocycles. The SMILES string of the molecule is COC(=O)c1cccc(NC(=O)CNC(=O)[C@@H](N)C(C)C)c1. The van der Waals surface area contributed by atoms with Gasteiger partial charge in [0.2, 0.25) is 11.8 Å². The van der Waals surface area contributed by atoms with Gasteiger partial charge in [-0.05, 0) is 24.1 Å². The van der Waals surface area contributed by atoms with Crippen LogP contribution < -0.4 is 16.4 Å². The summed E-state index contributed by atoms with van der Waals surface area (Å²) in [5, 5.41) is 5.05. The number of hydrogen-bond donors (Lipinski definition) is 3. The van der Waals surface area contributed by atoms with Gasteiger partial charge in [-0.15, -0.1) is 0 Å². The summed E-state index contributed by atoms with van der Waals surface area (Å²) in [6, 6.07) is 5.66. The molecule has 0 spiro atoms. The number of carbonyl (C=O) groups is 3. The highest BCUT2D eigenvalue weighted by Crippen LogP contribution is 2.11. The van der Waals surface area contributed by atoms with Gasteiger partial charge in [-0.1, -0.05) is 19.9 Å². The monoisotopic (exact) mass is 307 g/mol. The van der Waals surface area contributed by atoms with E-state index in [-0.39, 0.29) is 18.4 Å². The lowest BCUT2D eigenvalue weighted by atomic mass is 10.1. The molecule has 0 heterocycles. The third kappa shape index (κ3) is 5.17. The number of ether oxygens (including phenoxy) is 1. The topological polar surface area (TPSA) is 111 Å². The summed E-state index contributed by atoms with van der Waals surface area (Å²) in [6.07, 6.45) is 0. The molecule has 1 aromatic rings. The second kappa shape index (κ2) is 8.14. The van der Waals surface area contributed by atoms with Crippen molar-refractivity contribution >= 4 is 23.5 Å². The number of esters is 1. The molecule has 0 aliphatic rings. The minimum atomic E-state index is -0.657. The molecule has 0 fully saturated rings. The zero-order valence-electron chi connectivity index (χ0n) is 12.9. The first kappa shape index (κ1) is 17.6. The zero-order chi connectivity index (χ0) is 16.7. The van der Waals surface area contributed by atoms with Gasteiger partial charge < -0.3 is 21.1 Å². The number of nitrogens with two attached hydrogens (primary N) is 1. The Morgan fingerprint density at radius 2 is 1.95 bits per heavy atom. The van der Waals surface area contributed by atoms with E-state index in [0.29, 0.717) is 11.3 Å². The summed E-state index contributed by atoms with van der Waals surface area (Å²) in [6.45, 7) is 3.45. The van der Waals surface area contributed by atoms with Crippen LogP contribution >= 0.6 is 0 Å². The normalized spacial score (nSPS) is 11.7. The van der Waals surface area contributed by atoms with Crippen molar-refractivity contribution < 1.29 is 19.1 Å². The van der Waals surface area contributed by atoms with Crippen LogP contribution in [0.2, 0.25) is 0 Å². The zero-order valence-corrected chi connectivity index (χ0v) is 12.9. The van der Waals surface area contributed by atoms with Gasteiger partial charge in [-0.2, -0.15) is 0 Å². The highest BCUT2D eigenvalue weighted by molar-refractivity contribution is 5.97. The molecule has 22 heavy (non-hydrogen) atoms. The number of nitrogens with one attached hydrogen (secondary N) is 2. The average Bonchev–Trinajstić information content (AvgIpc) is 2.51. The standard InChI is InChI=1S/C15H21N3O4/c1-9(2)13(16)14(20)17-8-12(19)18-11-6-4-5-10(7-11)15(21)22-3/h4-7,9,13H,8,16H2,1-3H3,(H,17,20)(H,18,19)/t13-/m0/s1. The van der Waals surface area contributed by atoms with Gasteiger partial charge >= 0.3 is 5.97 Å². The fourth-order valence-electron chi connectivity index (χ4n) is 1.63. The number of amides is 2. The molecule has 2 amide bonds. The Labute approximate surface area is 129 Å². The van der Waals surface area contributed by atoms with E-state index in [9.17, 15) is 14.4 Å². The molecule has 0 saturated carbocycles. The van der Waals surface area contributed by atoms with E-state index in [1.54, 1.807) is 18.2 Å². The summed E-state index contributed by atoms with van der Waals surface area (Å²) >= 11 is 0. The van der Waals surface area contributed by atoms with Crippen molar-refractivity contribution in [3.8, 4) is 0 Å². The van der Waals surface area contributed by atoms with Crippen LogP contribution in [-0.2, 0) is 14.3 Å². The minimum Gasteiger partial charge on any atom is -0.465 e. The van der Waals surface area contributed by atoms with Gasteiger partial charge in [0.05, 0.1) is 25.3 Å². The van der Waals surface area contributed by atoms with Gasteiger partial charge in [-0.25, -0.2) is 4.79 Å². The predicted octanol–water partition coefficient (Wildman–Crippen LogP) is 0.511. The Hall–Kier alpha value is -2.41. The first-order valence-corrected chi connectivity index (χ1v) is 6.86. The van der Waals surface area contributed by atoms with Crippen molar-refractivity contribution in [3.05, 3.63) is 29.8 Å². The summed E-state index contributed by atoms with van der Waals surface area (Å²) in [7, 11) is 1.28. The Kier molecular flexibility index (Phi) is 6.52. The molecule has 0 bridgehead atoms. The second-order valence-electron chi connectivity index (χ2n) is 5.11. The lowest BCUT2D eigenvalue weighted by molar-refractivity contribution is -0.125. The fraction of sp³-hybridized carbons (Fsp3) is 0.400. The molecular formula is C15H21N3O4. The van der Waals surface area contributed by atoms with Gasteiger partial charge in [-0.3, -0.25) is 9.59 Å². The fourth-order valence-corrected chi connectivity index (χ4v) is 1.63. The van der Waals surface area contributed by atoms with Crippen molar-refractivity contribution in [3.63, 3.8) is 0 Å². The first-order chi connectivity index (χ1) is 10.3. The highest BCUT2D eigenvalue weighted by Gasteiger charge is 2.17. The van der Waals surface area contributed by atoms with Gasteiger partial charge in [0.1, 0.15) is 0 Å². The van der Waals surface area contributed by atoms with Crippen LogP contribution in [0.3, 0.4) is 0 Å². The molecule has 0 aliphatic heterocycles. The molecule has 1 rings (SSSR count). The molecule has 0 saturated heterocycles. The molecule has 7 heteroatoms. The van der Waals surface area contributed by atoms with Gasteiger partial charge in [0.15, 0.2) is 0 Å². The summed E-state index contributed by atoms with van der Waals surface area (Å²) < 4.78 is 4.60. The van der Waals surface area contributed by atoms with Crippen molar-refractivity contribution in [1.82, 2.24) is 5.32 Å². The van der Waals surface area contributed by atoms with Crippen molar-refractivity contribution in [2.75, 3.05) is 19.0 Å². The molecule has 120 valence electrons. The van der Waals surface area contributed by atoms with E-state index in [1.807, 2.05) is 13.8 Å². The maximum absolute atomic E-state index is 11.8. The highest BCUT2D eigenvalue weighted by atomic mass is 16.5. The van der Waals surface area contributed by atoms with Gasteiger partial charge in [0.25, 0.3) is 0 Å². The molecule has 1 aromatic carbocycles. The van der Waals surface area contributed by atoms with Crippen molar-refractivity contribution in [2.45, 2.75) is 19.9 Å². The molecule has 4 N–H and O–H groups in total. The minimum absolute atomic E-state index is 0.0141. The number of benzene rings is 1. The molecule has 0 radical (unpaired) electrons. The molecule has 7 nitrogen and oxygen atoms in total. The molecule has 1 atom stereocenters. The number of anilines is 1. The first-order valence-electron chi connectivity index (χ1n) is 6.86. The maximum Gasteiger partial charge on any atom is 0.337 e. The lowest BCUT2D eigenvalue weighted by Crippen LogP contribution is -2.46. The molecular weight excluding hydrogens is 286 g/mol. The summed E-state index contributed by atoms with van der Waals surface area (Å²) in [5.74, 6) is -1.30. The van der Waals surface area contributed by atoms with Crippen molar-refractivity contribution in [2.24, 2.45) is 11.7 Å². The van der Waals surface area contributed by atoms with E-state index in [4.69, 9.17) is 5.73 Å². The van der Waals surface area contributed by atoms with Crippen LogP contribution in [-0.4, -0.2) is 37.5 Å². The van der Waals surface area contributed by atoms with E-state index in [1.165, 1.54) is 13.2 Å². The van der Waals surface area contributed by atoms with Crippen LogP contribution in [0.1, 0.15) is 24.2 Å². The van der Waals surface area contributed by atoms with Crippen LogP contribution in [0.4, 0.5) is 5.69 Å². The average molecular weight is 307 g/mol. The number of rotatable bonds is 6. The third-order valence-corrected chi connectivity index (χ3v) is 3.01. The lowest BCUT2D eigenvalue weighted by Gasteiger charge is -2.15. The second-order valence-corrected chi connectivity index (χ2v) is 5.11. The van der Waals surface area contributed by atoms with E-state index < -0.39 is 17.9 Å². The largest absolute Gasteiger partial charge is 0.465 e. The number of hydrogen-bond acceptors (Lipinski definition) is 5. The maximum atomic E-state index is 11.8. The molecule has 0 aromatic heterocycles. The Morgan fingerprint density at radius 1 is 1.27 bits per heavy atom. The smallest absolute Gasteiger partial charge is 0.337 e. The van der Waals surface area contributed by atoms with Crippen LogP contribution in [0.25, 0.3) is 0 Å². The predicted molar refractivity (Wildman–Crippen MR) is 82.2 cm³/mol. The summed E-state index contributed by atoms with van der Waals surface area (Å²) in [5.41, 5.74) is 6.44. The van der Waals surface area contributed by atoms with Crippen LogP contribution in [0.15, 0.2) is 24.3 Å².